The van der Waals surface area contributed by atoms with E-state index in [-0.39, 0.29) is 23.3 Å². The Hall–Kier alpha value is -2.57. The summed E-state index contributed by atoms with van der Waals surface area (Å²) in [5.41, 5.74) is -0.296. The summed E-state index contributed by atoms with van der Waals surface area (Å²) in [6.07, 6.45) is 1.48. The maximum Gasteiger partial charge on any atom is 0.228 e. The molecule has 122 valence electrons. The van der Waals surface area contributed by atoms with Crippen LogP contribution in [0.25, 0.3) is 0 Å². The number of nitrogens with one attached hydrogen (secondary N) is 2. The molecule has 0 unspecified atom stereocenters. The van der Waals surface area contributed by atoms with E-state index < -0.39 is 11.6 Å². The van der Waals surface area contributed by atoms with E-state index in [1.165, 1.54) is 18.2 Å². The Morgan fingerprint density at radius 3 is 2.13 bits per heavy atom. The fourth-order valence-electron chi connectivity index (χ4n) is 2.10. The molecule has 0 saturated carbocycles. The third-order valence-electron chi connectivity index (χ3n) is 3.49. The maximum atomic E-state index is 13.5. The average molecular weight is 320 g/mol. The van der Waals surface area contributed by atoms with Crippen LogP contribution in [-0.4, -0.2) is 16.1 Å². The number of halogens is 2. The topological polar surface area (TPSA) is 66.9 Å². The second-order valence-electron chi connectivity index (χ2n) is 5.03. The molecule has 23 heavy (non-hydrogen) atoms. The highest BCUT2D eigenvalue weighted by molar-refractivity contribution is 5.91. The minimum atomic E-state index is -0.724. The van der Waals surface area contributed by atoms with Crippen LogP contribution in [-0.2, 0) is 4.79 Å². The van der Waals surface area contributed by atoms with Crippen molar-refractivity contribution < 1.29 is 13.6 Å². The van der Waals surface area contributed by atoms with Gasteiger partial charge in [-0.05, 0) is 37.1 Å². The third kappa shape index (κ3) is 4.21. The molecule has 0 aliphatic heterocycles. The van der Waals surface area contributed by atoms with Crippen LogP contribution in [0.3, 0.4) is 0 Å². The molecule has 0 saturated heterocycles. The van der Waals surface area contributed by atoms with Gasteiger partial charge in [0.25, 0.3) is 0 Å². The predicted molar refractivity (Wildman–Crippen MR) is 84.4 cm³/mol. The Morgan fingerprint density at radius 1 is 1.04 bits per heavy atom. The van der Waals surface area contributed by atoms with Gasteiger partial charge in [0.15, 0.2) is 11.6 Å². The zero-order valence-electron chi connectivity index (χ0n) is 12.9. The molecule has 0 spiro atoms. The van der Waals surface area contributed by atoms with Crippen molar-refractivity contribution in [1.82, 2.24) is 10.2 Å². The van der Waals surface area contributed by atoms with Crippen molar-refractivity contribution in [1.29, 1.82) is 0 Å². The van der Waals surface area contributed by atoms with Gasteiger partial charge in [-0.2, -0.15) is 0 Å². The van der Waals surface area contributed by atoms with Gasteiger partial charge >= 0.3 is 0 Å². The molecule has 1 amide bonds. The lowest BCUT2D eigenvalue weighted by molar-refractivity contribution is -0.120. The third-order valence-corrected chi connectivity index (χ3v) is 3.49. The monoisotopic (exact) mass is 320 g/mol. The molecule has 1 aromatic carbocycles. The summed E-state index contributed by atoms with van der Waals surface area (Å²) in [6, 6.07) is 6.57. The number of rotatable bonds is 6. The first kappa shape index (κ1) is 16.8. The van der Waals surface area contributed by atoms with Crippen molar-refractivity contribution in [3.8, 4) is 0 Å². The predicted octanol–water partition coefficient (Wildman–Crippen LogP) is 3.87. The highest BCUT2D eigenvalue weighted by atomic mass is 19.1. The van der Waals surface area contributed by atoms with Crippen LogP contribution in [0.1, 0.15) is 26.7 Å². The molecule has 2 aromatic rings. The molecular formula is C16H18F2N4O. The number of carbonyl (C=O) groups excluding carboxylic acids is 1. The van der Waals surface area contributed by atoms with Gasteiger partial charge in [0.1, 0.15) is 17.3 Å². The van der Waals surface area contributed by atoms with Crippen LogP contribution in [0.4, 0.5) is 26.1 Å². The minimum absolute atomic E-state index is 0.0814. The van der Waals surface area contributed by atoms with Gasteiger partial charge in [0.05, 0.1) is 0 Å². The maximum absolute atomic E-state index is 13.5. The summed E-state index contributed by atoms with van der Waals surface area (Å²) < 4.78 is 27.1. The SMILES string of the molecule is CCC(CC)C(=O)Nc1ccc(Nc2c(F)cccc2F)nn1. The molecule has 1 aromatic heterocycles. The molecule has 5 nitrogen and oxygen atoms in total. The van der Waals surface area contributed by atoms with Gasteiger partial charge in [-0.1, -0.05) is 19.9 Å². The molecule has 0 atom stereocenters. The first-order valence-corrected chi connectivity index (χ1v) is 7.40. The Bertz CT molecular complexity index is 652. The number of amides is 1. The summed E-state index contributed by atoms with van der Waals surface area (Å²) in [4.78, 5) is 11.9. The Balaban J connectivity index is 2.07. The normalized spacial score (nSPS) is 10.7. The molecule has 0 aliphatic rings. The second kappa shape index (κ2) is 7.62. The highest BCUT2D eigenvalue weighted by Gasteiger charge is 2.15. The van der Waals surface area contributed by atoms with Crippen molar-refractivity contribution in [2.45, 2.75) is 26.7 Å². The lowest BCUT2D eigenvalue weighted by Crippen LogP contribution is -2.22. The Labute approximate surface area is 133 Å². The molecule has 0 radical (unpaired) electrons. The number of anilines is 3. The molecule has 0 bridgehead atoms. The van der Waals surface area contributed by atoms with E-state index in [0.29, 0.717) is 5.82 Å². The van der Waals surface area contributed by atoms with E-state index in [9.17, 15) is 13.6 Å². The number of para-hydroxylation sites is 1. The first-order chi connectivity index (χ1) is 11.0. The summed E-state index contributed by atoms with van der Waals surface area (Å²) in [5, 5.41) is 12.8. The fourth-order valence-corrected chi connectivity index (χ4v) is 2.10. The fraction of sp³-hybridized carbons (Fsp3) is 0.312. The van der Waals surface area contributed by atoms with E-state index in [4.69, 9.17) is 0 Å². The number of nitrogens with zero attached hydrogens (tertiary/aromatic N) is 2. The standard InChI is InChI=1S/C16H18F2N4O/c1-3-10(4-2)16(23)20-14-9-8-13(21-22-14)19-15-11(17)6-5-7-12(15)18/h5-10H,3-4H2,1-2H3,(H,19,21)(H,20,22,23). The lowest BCUT2D eigenvalue weighted by Gasteiger charge is -2.12. The van der Waals surface area contributed by atoms with Gasteiger partial charge in [-0.25, -0.2) is 8.78 Å². The molecule has 2 N–H and O–H groups in total. The highest BCUT2D eigenvalue weighted by Crippen LogP contribution is 2.22. The molecular weight excluding hydrogens is 302 g/mol. The average Bonchev–Trinajstić information content (AvgIpc) is 2.54. The largest absolute Gasteiger partial charge is 0.334 e. The van der Waals surface area contributed by atoms with E-state index in [0.717, 1.165) is 25.0 Å². The number of hydrogen-bond acceptors (Lipinski definition) is 4. The molecule has 1 heterocycles. The van der Waals surface area contributed by atoms with Crippen LogP contribution >= 0.6 is 0 Å². The number of hydrogen-bond donors (Lipinski definition) is 2. The quantitative estimate of drug-likeness (QED) is 0.848. The number of benzene rings is 1. The van der Waals surface area contributed by atoms with E-state index in [1.54, 1.807) is 0 Å². The van der Waals surface area contributed by atoms with E-state index in [1.807, 2.05) is 13.8 Å². The lowest BCUT2D eigenvalue weighted by atomic mass is 10.0. The molecule has 2 rings (SSSR count). The van der Waals surface area contributed by atoms with Crippen LogP contribution in [0, 0.1) is 17.6 Å². The summed E-state index contributed by atoms with van der Waals surface area (Å²) in [6.45, 7) is 3.88. The van der Waals surface area contributed by atoms with Crippen LogP contribution in [0.2, 0.25) is 0 Å². The number of aromatic nitrogens is 2. The van der Waals surface area contributed by atoms with Gasteiger partial charge in [-0.15, -0.1) is 10.2 Å². The first-order valence-electron chi connectivity index (χ1n) is 7.40. The Kier molecular flexibility index (Phi) is 5.56. The minimum Gasteiger partial charge on any atom is -0.334 e. The van der Waals surface area contributed by atoms with Gasteiger partial charge < -0.3 is 10.6 Å². The summed E-state index contributed by atoms with van der Waals surface area (Å²) in [7, 11) is 0. The van der Waals surface area contributed by atoms with Crippen molar-refractivity contribution >= 4 is 23.2 Å². The number of carbonyl (C=O) groups is 1. The van der Waals surface area contributed by atoms with Crippen molar-refractivity contribution in [3.05, 3.63) is 42.0 Å². The second-order valence-corrected chi connectivity index (χ2v) is 5.03. The van der Waals surface area contributed by atoms with Crippen LogP contribution in [0.5, 0.6) is 0 Å². The van der Waals surface area contributed by atoms with E-state index in [2.05, 4.69) is 20.8 Å². The molecule has 7 heteroatoms. The van der Waals surface area contributed by atoms with Crippen molar-refractivity contribution in [2.75, 3.05) is 10.6 Å². The zero-order chi connectivity index (χ0) is 16.8. The zero-order valence-corrected chi connectivity index (χ0v) is 12.9. The summed E-state index contributed by atoms with van der Waals surface area (Å²) in [5.74, 6) is -1.18. The molecule has 0 fully saturated rings. The summed E-state index contributed by atoms with van der Waals surface area (Å²) >= 11 is 0. The van der Waals surface area contributed by atoms with Crippen LogP contribution in [0.15, 0.2) is 30.3 Å². The van der Waals surface area contributed by atoms with Crippen LogP contribution < -0.4 is 10.6 Å². The van der Waals surface area contributed by atoms with Crippen molar-refractivity contribution in [3.63, 3.8) is 0 Å². The van der Waals surface area contributed by atoms with Gasteiger partial charge in [-0.3, -0.25) is 4.79 Å². The van der Waals surface area contributed by atoms with Gasteiger partial charge in [0, 0.05) is 5.92 Å². The molecule has 0 aliphatic carbocycles. The Morgan fingerprint density at radius 2 is 1.61 bits per heavy atom. The van der Waals surface area contributed by atoms with Gasteiger partial charge in [0.2, 0.25) is 5.91 Å². The van der Waals surface area contributed by atoms with Crippen molar-refractivity contribution in [2.24, 2.45) is 5.92 Å². The smallest absolute Gasteiger partial charge is 0.228 e. The van der Waals surface area contributed by atoms with E-state index >= 15 is 0 Å².